The summed E-state index contributed by atoms with van der Waals surface area (Å²) >= 11 is 1.92. The van der Waals surface area contributed by atoms with E-state index in [2.05, 4.69) is 36.2 Å². The van der Waals surface area contributed by atoms with Gasteiger partial charge in [-0.25, -0.2) is 0 Å². The Morgan fingerprint density at radius 1 is 1.41 bits per heavy atom. The van der Waals surface area contributed by atoms with Gasteiger partial charge in [0.05, 0.1) is 0 Å². The van der Waals surface area contributed by atoms with Crippen LogP contribution in [0.4, 0.5) is 0 Å². The van der Waals surface area contributed by atoms with E-state index in [0.29, 0.717) is 0 Å². The van der Waals surface area contributed by atoms with Gasteiger partial charge in [-0.1, -0.05) is 11.6 Å². The van der Waals surface area contributed by atoms with Crippen LogP contribution in [0, 0.1) is 6.92 Å². The molecule has 0 saturated carbocycles. The third-order valence-electron chi connectivity index (χ3n) is 3.23. The van der Waals surface area contributed by atoms with Crippen LogP contribution >= 0.6 is 11.3 Å². The molecule has 17 heavy (non-hydrogen) atoms. The second-order valence-corrected chi connectivity index (χ2v) is 6.22. The summed E-state index contributed by atoms with van der Waals surface area (Å²) in [6.07, 6.45) is 3.57. The molecule has 0 spiro atoms. The zero-order chi connectivity index (χ0) is 12.3. The Morgan fingerprint density at radius 2 is 2.24 bits per heavy atom. The van der Waals surface area contributed by atoms with Crippen LogP contribution in [0.2, 0.25) is 0 Å². The quantitative estimate of drug-likeness (QED) is 0.827. The lowest BCUT2D eigenvalue weighted by atomic mass is 10.1. The highest BCUT2D eigenvalue weighted by Crippen LogP contribution is 2.24. The van der Waals surface area contributed by atoms with Gasteiger partial charge >= 0.3 is 0 Å². The first-order valence-electron chi connectivity index (χ1n) is 6.30. The van der Waals surface area contributed by atoms with Gasteiger partial charge in [-0.05, 0) is 38.9 Å². The summed E-state index contributed by atoms with van der Waals surface area (Å²) in [5, 5.41) is 3.22. The molecule has 1 aliphatic rings. The average molecular weight is 250 g/mol. The monoisotopic (exact) mass is 250 g/mol. The molecule has 2 heterocycles. The standard InChI is InChI=1S/C14H22N2S/c1-11-5-4-6-16(9-11)10-13-7-14(8-15-3)17-12(13)2/h5,7,15H,4,6,8-10H2,1-3H3. The van der Waals surface area contributed by atoms with Gasteiger partial charge in [-0.15, -0.1) is 11.3 Å². The molecule has 0 unspecified atom stereocenters. The molecule has 0 aliphatic carbocycles. The van der Waals surface area contributed by atoms with Gasteiger partial charge in [-0.3, -0.25) is 4.90 Å². The van der Waals surface area contributed by atoms with Crippen LogP contribution in [0.1, 0.15) is 28.7 Å². The topological polar surface area (TPSA) is 15.3 Å². The first kappa shape index (κ1) is 12.8. The van der Waals surface area contributed by atoms with Crippen molar-refractivity contribution in [2.45, 2.75) is 33.4 Å². The molecule has 0 atom stereocenters. The maximum absolute atomic E-state index is 3.22. The molecule has 0 amide bonds. The summed E-state index contributed by atoms with van der Waals surface area (Å²) in [4.78, 5) is 5.47. The first-order valence-corrected chi connectivity index (χ1v) is 7.11. The fourth-order valence-corrected chi connectivity index (χ4v) is 3.44. The minimum atomic E-state index is 0.991. The van der Waals surface area contributed by atoms with E-state index in [1.165, 1.54) is 33.9 Å². The minimum Gasteiger partial charge on any atom is -0.315 e. The van der Waals surface area contributed by atoms with Crippen LogP contribution in [0.25, 0.3) is 0 Å². The minimum absolute atomic E-state index is 0.991. The SMILES string of the molecule is CNCc1cc(CN2CCC=C(C)C2)c(C)s1. The Labute approximate surface area is 108 Å². The number of aryl methyl sites for hydroxylation is 1. The largest absolute Gasteiger partial charge is 0.315 e. The molecular weight excluding hydrogens is 228 g/mol. The third kappa shape index (κ3) is 3.41. The summed E-state index contributed by atoms with van der Waals surface area (Å²) in [5.41, 5.74) is 3.02. The molecule has 0 radical (unpaired) electrons. The second-order valence-electron chi connectivity index (χ2n) is 4.87. The third-order valence-corrected chi connectivity index (χ3v) is 4.32. The summed E-state index contributed by atoms with van der Waals surface area (Å²) in [6, 6.07) is 2.37. The molecule has 0 aromatic carbocycles. The molecule has 0 saturated heterocycles. The van der Waals surface area contributed by atoms with Crippen molar-refractivity contribution in [2.24, 2.45) is 0 Å². The number of nitrogens with one attached hydrogen (secondary N) is 1. The molecule has 0 bridgehead atoms. The number of thiophene rings is 1. The highest BCUT2D eigenvalue weighted by molar-refractivity contribution is 7.12. The van der Waals surface area contributed by atoms with Crippen molar-refractivity contribution >= 4 is 11.3 Å². The predicted molar refractivity (Wildman–Crippen MR) is 75.5 cm³/mol. The summed E-state index contributed by atoms with van der Waals surface area (Å²) in [5.74, 6) is 0. The Bertz CT molecular complexity index is 406. The summed E-state index contributed by atoms with van der Waals surface area (Å²) in [7, 11) is 2.01. The summed E-state index contributed by atoms with van der Waals surface area (Å²) < 4.78 is 0. The smallest absolute Gasteiger partial charge is 0.0296 e. The van der Waals surface area contributed by atoms with Gasteiger partial charge in [0.15, 0.2) is 0 Å². The van der Waals surface area contributed by atoms with Gasteiger partial charge < -0.3 is 5.32 Å². The van der Waals surface area contributed by atoms with Crippen molar-refractivity contribution in [3.05, 3.63) is 33.0 Å². The van der Waals surface area contributed by atoms with Crippen LogP contribution < -0.4 is 5.32 Å². The fourth-order valence-electron chi connectivity index (χ4n) is 2.37. The van der Waals surface area contributed by atoms with Crippen molar-refractivity contribution in [2.75, 3.05) is 20.1 Å². The number of hydrogen-bond donors (Lipinski definition) is 1. The van der Waals surface area contributed by atoms with Crippen molar-refractivity contribution < 1.29 is 0 Å². The molecule has 1 aromatic heterocycles. The Balaban J connectivity index is 2.00. The lowest BCUT2D eigenvalue weighted by Crippen LogP contribution is -2.28. The van der Waals surface area contributed by atoms with Crippen LogP contribution in [-0.4, -0.2) is 25.0 Å². The van der Waals surface area contributed by atoms with Crippen molar-refractivity contribution in [1.29, 1.82) is 0 Å². The van der Waals surface area contributed by atoms with E-state index in [1.807, 2.05) is 18.4 Å². The number of hydrogen-bond acceptors (Lipinski definition) is 3. The average Bonchev–Trinajstić information content (AvgIpc) is 2.60. The molecule has 1 aromatic rings. The lowest BCUT2D eigenvalue weighted by molar-refractivity contribution is 0.282. The highest BCUT2D eigenvalue weighted by atomic mass is 32.1. The molecule has 1 N–H and O–H groups in total. The van der Waals surface area contributed by atoms with E-state index < -0.39 is 0 Å². The van der Waals surface area contributed by atoms with Crippen LogP contribution in [0.5, 0.6) is 0 Å². The number of rotatable bonds is 4. The van der Waals surface area contributed by atoms with E-state index in [-0.39, 0.29) is 0 Å². The van der Waals surface area contributed by atoms with E-state index in [1.54, 1.807) is 0 Å². The Hall–Kier alpha value is -0.640. The maximum atomic E-state index is 3.22. The maximum Gasteiger partial charge on any atom is 0.0296 e. The molecule has 2 nitrogen and oxygen atoms in total. The molecular formula is C14H22N2S. The lowest BCUT2D eigenvalue weighted by Gasteiger charge is -2.25. The van der Waals surface area contributed by atoms with Crippen molar-refractivity contribution in [3.63, 3.8) is 0 Å². The Morgan fingerprint density at radius 3 is 2.94 bits per heavy atom. The Kier molecular flexibility index (Phi) is 4.37. The molecule has 94 valence electrons. The van der Waals surface area contributed by atoms with E-state index in [9.17, 15) is 0 Å². The first-order chi connectivity index (χ1) is 8.19. The fraction of sp³-hybridized carbons (Fsp3) is 0.571. The van der Waals surface area contributed by atoms with Gasteiger partial charge in [0.1, 0.15) is 0 Å². The van der Waals surface area contributed by atoms with Gasteiger partial charge in [0.25, 0.3) is 0 Å². The molecule has 1 aliphatic heterocycles. The van der Waals surface area contributed by atoms with Crippen molar-refractivity contribution in [1.82, 2.24) is 10.2 Å². The van der Waals surface area contributed by atoms with Crippen LogP contribution in [0.3, 0.4) is 0 Å². The van der Waals surface area contributed by atoms with E-state index >= 15 is 0 Å². The molecule has 0 fully saturated rings. The van der Waals surface area contributed by atoms with Gasteiger partial charge in [-0.2, -0.15) is 0 Å². The zero-order valence-corrected chi connectivity index (χ0v) is 11.9. The normalized spacial score (nSPS) is 17.2. The van der Waals surface area contributed by atoms with E-state index in [4.69, 9.17) is 0 Å². The van der Waals surface area contributed by atoms with Gasteiger partial charge in [0, 0.05) is 35.9 Å². The second kappa shape index (κ2) is 5.80. The van der Waals surface area contributed by atoms with Gasteiger partial charge in [0.2, 0.25) is 0 Å². The predicted octanol–water partition coefficient (Wildman–Crippen LogP) is 2.93. The van der Waals surface area contributed by atoms with Crippen molar-refractivity contribution in [3.8, 4) is 0 Å². The zero-order valence-electron chi connectivity index (χ0n) is 11.0. The number of nitrogens with zero attached hydrogens (tertiary/aromatic N) is 1. The molecule has 2 rings (SSSR count). The highest BCUT2D eigenvalue weighted by Gasteiger charge is 2.13. The van der Waals surface area contributed by atoms with Crippen LogP contribution in [0.15, 0.2) is 17.7 Å². The summed E-state index contributed by atoms with van der Waals surface area (Å²) in [6.45, 7) is 8.91. The van der Waals surface area contributed by atoms with Crippen LogP contribution in [-0.2, 0) is 13.1 Å². The van der Waals surface area contributed by atoms with E-state index in [0.717, 1.165) is 19.6 Å². The molecule has 3 heteroatoms.